The van der Waals surface area contributed by atoms with Gasteiger partial charge in [0, 0.05) is 19.5 Å². The van der Waals surface area contributed by atoms with Gasteiger partial charge in [-0.25, -0.2) is 19.6 Å². The van der Waals surface area contributed by atoms with Crippen LogP contribution in [0.4, 0.5) is 0 Å². The minimum atomic E-state index is 0. The van der Waals surface area contributed by atoms with Crippen LogP contribution in [-0.4, -0.2) is 0 Å². The van der Waals surface area contributed by atoms with E-state index >= 15 is 0 Å². The summed E-state index contributed by atoms with van der Waals surface area (Å²) in [4.78, 5) is 0. The monoisotopic (exact) mass is 135 g/mol. The minimum absolute atomic E-state index is 0. The Morgan fingerprint density at radius 2 is 1.33 bits per heavy atom. The summed E-state index contributed by atoms with van der Waals surface area (Å²) in [5.41, 5.74) is 0. The summed E-state index contributed by atoms with van der Waals surface area (Å²) in [5, 5.41) is 0. The maximum atomic E-state index is 3.25. The van der Waals surface area contributed by atoms with E-state index in [0.717, 1.165) is 0 Å². The predicted molar refractivity (Wildman–Crippen MR) is 28.4 cm³/mol. The fourth-order valence-electron chi connectivity index (χ4n) is 0. The molecule has 0 aliphatic rings. The van der Waals surface area contributed by atoms with E-state index in [2.05, 4.69) is 13.5 Å². The van der Waals surface area contributed by atoms with Crippen LogP contribution < -0.4 is 0 Å². The zero-order chi connectivity index (χ0) is 2.71. The van der Waals surface area contributed by atoms with Crippen molar-refractivity contribution in [3.63, 3.8) is 0 Å². The number of hydrogen-bond acceptors (Lipinski definition) is 0. The van der Waals surface area contributed by atoms with E-state index in [1.807, 2.05) is 0 Å². The van der Waals surface area contributed by atoms with Gasteiger partial charge in [-0.1, -0.05) is 0 Å². The molecule has 6 heavy (non-hydrogen) atoms. The molecule has 0 saturated carbocycles. The molecule has 0 fully saturated rings. The van der Waals surface area contributed by atoms with Crippen molar-refractivity contribution in [2.24, 2.45) is 0 Å². The molecule has 0 aromatic carbocycles. The third-order valence-electron chi connectivity index (χ3n) is 0. The minimum Gasteiger partial charge on any atom is -0.358 e. The van der Waals surface area contributed by atoms with Crippen molar-refractivity contribution in [1.29, 1.82) is 0 Å². The van der Waals surface area contributed by atoms with E-state index in [0.29, 0.717) is 0 Å². The molecule has 0 atom stereocenters. The molecule has 36 valence electrons. The number of hydrogen-bond donors (Lipinski definition) is 0. The Hall–Kier alpha value is 0.233. The first-order chi connectivity index (χ1) is 1.41. The Bertz CT molecular complexity index is 11.4. The van der Waals surface area contributed by atoms with Gasteiger partial charge in [0.15, 0.2) is 0 Å². The molecule has 0 N–H and O–H groups in total. The third kappa shape index (κ3) is 813. The Morgan fingerprint density at radius 1 is 1.33 bits per heavy atom. The van der Waals surface area contributed by atoms with Crippen molar-refractivity contribution in [3.8, 4) is 0 Å². The largest absolute Gasteiger partial charge is 0.358 e. The smallest absolute Gasteiger partial charge is 0 e. The molecule has 0 unspecified atom stereocenters. The van der Waals surface area contributed by atoms with Gasteiger partial charge in [0.1, 0.15) is 0 Å². The summed E-state index contributed by atoms with van der Waals surface area (Å²) in [7, 11) is 0. The van der Waals surface area contributed by atoms with Crippen molar-refractivity contribution in [3.05, 3.63) is 34.4 Å². The zero-order valence-electron chi connectivity index (χ0n) is 4.70. The maximum Gasteiger partial charge on any atom is 0 e. The molecule has 0 radical (unpaired) electrons. The summed E-state index contributed by atoms with van der Waals surface area (Å²) in [6.45, 7) is 6.50. The third-order valence-corrected chi connectivity index (χ3v) is 0. The molecule has 0 spiro atoms. The molecule has 0 aliphatic heterocycles. The fraction of sp³-hybridized carbons (Fsp3) is 0. The van der Waals surface area contributed by atoms with Crippen LogP contribution in [0.1, 0.15) is 0 Å². The van der Waals surface area contributed by atoms with Crippen LogP contribution in [0.5, 0.6) is 0 Å². The molecule has 1 heteroatoms. The van der Waals surface area contributed by atoms with Crippen molar-refractivity contribution in [2.45, 2.75) is 0 Å². The molecule has 0 aliphatic carbocycles. The van der Waals surface area contributed by atoms with Crippen LogP contribution in [0.2, 0.25) is 0 Å². The quantitative estimate of drug-likeness (QED) is 0.353. The summed E-state index contributed by atoms with van der Waals surface area (Å²) >= 11 is 0. The van der Waals surface area contributed by atoms with E-state index in [1.165, 1.54) is 6.08 Å². The average molecular weight is 137 g/mol. The molecular weight excluding hydrogens is 125 g/mol. The Labute approximate surface area is 54.4 Å². The average Bonchev–Trinajstić information content (AvgIpc) is 0.918. The Balaban J connectivity index is -0.00000000667. The van der Waals surface area contributed by atoms with Crippen molar-refractivity contribution >= 4 is 0 Å². The molecule has 0 amide bonds. The zero-order valence-corrected chi connectivity index (χ0v) is 7.67. The van der Waals surface area contributed by atoms with Crippen molar-refractivity contribution in [2.75, 3.05) is 0 Å². The van der Waals surface area contributed by atoms with Gasteiger partial charge in [-0.05, 0) is 0 Å². The van der Waals surface area contributed by atoms with E-state index < -0.39 is 0 Å². The maximum absolute atomic E-state index is 3.25. The first-order valence-electron chi connectivity index (χ1n) is 0.816. The van der Waals surface area contributed by atoms with Gasteiger partial charge in [0.2, 0.25) is 0 Å². The standard InChI is InChI=1S/C3H5.2CH3.Zn/c1-3-2;;;/h3H,1-2H2;2*1H3;/q3*-1;. The van der Waals surface area contributed by atoms with Gasteiger partial charge in [0.05, 0.1) is 0 Å². The second-order valence-electron chi connectivity index (χ2n) is 0.289. The predicted octanol–water partition coefficient (Wildman–Crippen LogP) is 1.90. The molecule has 0 bridgehead atoms. The van der Waals surface area contributed by atoms with Crippen LogP contribution in [0.25, 0.3) is 0 Å². The molecule has 0 saturated heterocycles. The Kier molecular flexibility index (Phi) is 352. The molecule has 0 aromatic heterocycles. The van der Waals surface area contributed by atoms with Gasteiger partial charge in [0.25, 0.3) is 0 Å². The van der Waals surface area contributed by atoms with E-state index in [4.69, 9.17) is 0 Å². The molecule has 0 rings (SSSR count). The van der Waals surface area contributed by atoms with Gasteiger partial charge >= 0.3 is 0 Å². The number of allylic oxidation sites excluding steroid dienone is 1. The van der Waals surface area contributed by atoms with Crippen LogP contribution in [0.15, 0.2) is 12.7 Å². The van der Waals surface area contributed by atoms with Gasteiger partial charge < -0.3 is 14.9 Å². The summed E-state index contributed by atoms with van der Waals surface area (Å²) in [5.74, 6) is 0. The SMILES string of the molecule is C=C[CH2-].[CH3-].[CH3-].[Zn]. The van der Waals surface area contributed by atoms with Crippen LogP contribution in [-0.2, 0) is 19.5 Å². The van der Waals surface area contributed by atoms with Gasteiger partial charge in [-0.3, -0.25) is 0 Å². The summed E-state index contributed by atoms with van der Waals surface area (Å²) in [6.07, 6.45) is 1.50. The van der Waals surface area contributed by atoms with Crippen molar-refractivity contribution in [1.82, 2.24) is 0 Å². The van der Waals surface area contributed by atoms with Gasteiger partial charge in [-0.2, -0.15) is 0 Å². The van der Waals surface area contributed by atoms with Crippen LogP contribution in [0.3, 0.4) is 0 Å². The molecular formula is C5H11Zn-3. The van der Waals surface area contributed by atoms with E-state index in [-0.39, 0.29) is 34.3 Å². The first-order valence-corrected chi connectivity index (χ1v) is 0.816. The van der Waals surface area contributed by atoms with Crippen LogP contribution in [0, 0.1) is 21.8 Å². The Morgan fingerprint density at radius 3 is 1.33 bits per heavy atom. The van der Waals surface area contributed by atoms with Crippen LogP contribution >= 0.6 is 0 Å². The van der Waals surface area contributed by atoms with Gasteiger partial charge in [-0.15, -0.1) is 0 Å². The second-order valence-corrected chi connectivity index (χ2v) is 0.289. The summed E-state index contributed by atoms with van der Waals surface area (Å²) in [6, 6.07) is 0. The van der Waals surface area contributed by atoms with Crippen molar-refractivity contribution < 1.29 is 19.5 Å². The van der Waals surface area contributed by atoms with E-state index in [1.54, 1.807) is 0 Å². The number of rotatable bonds is 0. The van der Waals surface area contributed by atoms with E-state index in [9.17, 15) is 0 Å². The second kappa shape index (κ2) is 61.7. The molecule has 0 heterocycles. The first kappa shape index (κ1) is 34.2. The fourth-order valence-corrected chi connectivity index (χ4v) is 0. The topological polar surface area (TPSA) is 0 Å². The molecule has 0 aromatic rings. The normalized spacial score (nSPS) is 2.00. The molecule has 0 nitrogen and oxygen atoms in total. The summed E-state index contributed by atoms with van der Waals surface area (Å²) < 4.78 is 0.